The molecule has 1 aliphatic rings. The maximum absolute atomic E-state index is 12.6. The summed E-state index contributed by atoms with van der Waals surface area (Å²) in [5.74, 6) is -0.635. The molecule has 28 heavy (non-hydrogen) atoms. The number of nitrogens with zero attached hydrogens (tertiary/aromatic N) is 3. The Morgan fingerprint density at radius 1 is 1.29 bits per heavy atom. The van der Waals surface area contributed by atoms with Gasteiger partial charge in [0.25, 0.3) is 0 Å². The highest BCUT2D eigenvalue weighted by Crippen LogP contribution is 2.29. The molecule has 1 fully saturated rings. The fraction of sp³-hybridized carbons (Fsp3) is 0.389. The Bertz CT molecular complexity index is 914. The van der Waals surface area contributed by atoms with Crippen LogP contribution in [0.1, 0.15) is 17.5 Å². The summed E-state index contributed by atoms with van der Waals surface area (Å²) in [6.07, 6.45) is 0.163. The first-order valence-corrected chi connectivity index (χ1v) is 10.5. The number of nitrogens with one attached hydrogen (secondary N) is 2. The van der Waals surface area contributed by atoms with Gasteiger partial charge in [-0.25, -0.2) is 0 Å². The maximum Gasteiger partial charge on any atom is 0.231 e. The summed E-state index contributed by atoms with van der Waals surface area (Å²) in [5.41, 5.74) is 3.08. The van der Waals surface area contributed by atoms with E-state index in [2.05, 4.69) is 20.8 Å². The summed E-state index contributed by atoms with van der Waals surface area (Å²) in [5, 5.41) is 13.5. The van der Waals surface area contributed by atoms with Crippen LogP contribution in [0, 0.1) is 19.8 Å². The van der Waals surface area contributed by atoms with Gasteiger partial charge in [-0.1, -0.05) is 29.2 Å². The zero-order valence-corrected chi connectivity index (χ0v) is 17.4. The molecule has 0 aliphatic carbocycles. The second-order valence-electron chi connectivity index (χ2n) is 6.50. The van der Waals surface area contributed by atoms with Crippen molar-refractivity contribution in [1.29, 1.82) is 0 Å². The molecule has 1 aliphatic heterocycles. The van der Waals surface area contributed by atoms with Gasteiger partial charge in [0.15, 0.2) is 4.34 Å². The molecule has 1 saturated heterocycles. The third kappa shape index (κ3) is 4.68. The number of anilines is 2. The largest absolute Gasteiger partial charge is 0.358 e. The number of carbonyl (C=O) groups excluding carboxylic acids is 3. The van der Waals surface area contributed by atoms with Crippen LogP contribution >= 0.6 is 23.1 Å². The lowest BCUT2D eigenvalue weighted by Crippen LogP contribution is -2.28. The van der Waals surface area contributed by atoms with Crippen LogP contribution in [0.25, 0.3) is 0 Å². The van der Waals surface area contributed by atoms with Crippen molar-refractivity contribution in [1.82, 2.24) is 15.5 Å². The molecule has 0 radical (unpaired) electrons. The van der Waals surface area contributed by atoms with Gasteiger partial charge in [0, 0.05) is 25.7 Å². The fourth-order valence-electron chi connectivity index (χ4n) is 2.75. The molecule has 1 aromatic heterocycles. The van der Waals surface area contributed by atoms with E-state index in [1.54, 1.807) is 11.9 Å². The zero-order valence-electron chi connectivity index (χ0n) is 15.8. The van der Waals surface area contributed by atoms with Gasteiger partial charge < -0.3 is 15.5 Å². The summed E-state index contributed by atoms with van der Waals surface area (Å²) in [7, 11) is 1.57. The Labute approximate surface area is 171 Å². The van der Waals surface area contributed by atoms with Crippen LogP contribution in [0.5, 0.6) is 0 Å². The van der Waals surface area contributed by atoms with E-state index >= 15 is 0 Å². The molecule has 0 spiro atoms. The van der Waals surface area contributed by atoms with Crippen molar-refractivity contribution in [3.8, 4) is 0 Å². The highest BCUT2D eigenvalue weighted by atomic mass is 32.2. The Balaban J connectivity index is 1.59. The van der Waals surface area contributed by atoms with E-state index in [0.717, 1.165) is 16.8 Å². The SMILES string of the molecule is CNC(=O)CSc1nnc(NC(=O)[C@H]2CC(=O)N(c3ccc(C)c(C)c3)C2)s1. The van der Waals surface area contributed by atoms with Crippen molar-refractivity contribution in [2.75, 3.05) is 29.6 Å². The van der Waals surface area contributed by atoms with Crippen LogP contribution in [-0.2, 0) is 14.4 Å². The minimum Gasteiger partial charge on any atom is -0.358 e. The Hall–Kier alpha value is -2.46. The quantitative estimate of drug-likeness (QED) is 0.548. The number of amides is 3. The molecule has 0 saturated carbocycles. The van der Waals surface area contributed by atoms with Crippen molar-refractivity contribution in [2.45, 2.75) is 24.6 Å². The second-order valence-corrected chi connectivity index (χ2v) is 8.70. The number of aryl methyl sites for hydroxylation is 2. The van der Waals surface area contributed by atoms with Gasteiger partial charge in [0.2, 0.25) is 22.9 Å². The first-order chi connectivity index (χ1) is 13.4. The van der Waals surface area contributed by atoms with E-state index in [1.807, 2.05) is 32.0 Å². The number of rotatable bonds is 6. The van der Waals surface area contributed by atoms with Crippen LogP contribution in [0.15, 0.2) is 22.5 Å². The Morgan fingerprint density at radius 3 is 2.79 bits per heavy atom. The van der Waals surface area contributed by atoms with E-state index in [4.69, 9.17) is 0 Å². The number of hydrogen-bond donors (Lipinski definition) is 2. The number of carbonyl (C=O) groups is 3. The molecule has 148 valence electrons. The summed E-state index contributed by atoms with van der Waals surface area (Å²) >= 11 is 2.46. The first-order valence-electron chi connectivity index (χ1n) is 8.72. The molecule has 2 aromatic rings. The highest BCUT2D eigenvalue weighted by molar-refractivity contribution is 8.01. The number of thioether (sulfide) groups is 1. The van der Waals surface area contributed by atoms with E-state index < -0.39 is 5.92 Å². The maximum atomic E-state index is 12.6. The van der Waals surface area contributed by atoms with Crippen molar-refractivity contribution < 1.29 is 14.4 Å². The molecule has 8 nitrogen and oxygen atoms in total. The molecule has 1 aromatic carbocycles. The zero-order chi connectivity index (χ0) is 20.3. The van der Waals surface area contributed by atoms with Gasteiger partial charge in [-0.15, -0.1) is 10.2 Å². The van der Waals surface area contributed by atoms with E-state index in [1.165, 1.54) is 23.1 Å². The third-order valence-corrected chi connectivity index (χ3v) is 6.51. The van der Waals surface area contributed by atoms with Gasteiger partial charge in [0.1, 0.15) is 0 Å². The number of aromatic nitrogens is 2. The molecule has 1 atom stereocenters. The van der Waals surface area contributed by atoms with Crippen LogP contribution in [0.2, 0.25) is 0 Å². The van der Waals surface area contributed by atoms with Gasteiger partial charge in [-0.05, 0) is 37.1 Å². The number of benzene rings is 1. The molecule has 2 N–H and O–H groups in total. The monoisotopic (exact) mass is 419 g/mol. The lowest BCUT2D eigenvalue weighted by molar-refractivity contribution is -0.122. The lowest BCUT2D eigenvalue weighted by Gasteiger charge is -2.17. The predicted molar refractivity (Wildman–Crippen MR) is 110 cm³/mol. The molecule has 3 rings (SSSR count). The molecule has 0 bridgehead atoms. The Morgan fingerprint density at radius 2 is 2.07 bits per heavy atom. The smallest absolute Gasteiger partial charge is 0.231 e. The normalized spacial score (nSPS) is 16.3. The average Bonchev–Trinajstić information content (AvgIpc) is 3.28. The molecule has 2 heterocycles. The van der Waals surface area contributed by atoms with E-state index in [9.17, 15) is 14.4 Å². The third-order valence-electron chi connectivity index (χ3n) is 4.54. The standard InChI is InChI=1S/C18H21N5O3S2/c1-10-4-5-13(6-11(10)2)23-8-12(7-15(23)25)16(26)20-17-21-22-18(28-17)27-9-14(24)19-3/h4-6,12H,7-9H2,1-3H3,(H,19,24)(H,20,21,26)/t12-/m0/s1. The summed E-state index contributed by atoms with van der Waals surface area (Å²) < 4.78 is 0.596. The fourth-order valence-corrected chi connectivity index (χ4v) is 4.38. The summed E-state index contributed by atoms with van der Waals surface area (Å²) in [4.78, 5) is 37.9. The lowest BCUT2D eigenvalue weighted by atomic mass is 10.1. The molecule has 3 amide bonds. The van der Waals surface area contributed by atoms with Gasteiger partial charge in [-0.3, -0.25) is 14.4 Å². The minimum absolute atomic E-state index is 0.0671. The van der Waals surface area contributed by atoms with Crippen LogP contribution in [0.3, 0.4) is 0 Å². The molecule has 10 heteroatoms. The van der Waals surface area contributed by atoms with Gasteiger partial charge >= 0.3 is 0 Å². The van der Waals surface area contributed by atoms with Crippen LogP contribution < -0.4 is 15.5 Å². The summed E-state index contributed by atoms with van der Waals surface area (Å²) in [6.45, 7) is 4.35. The summed E-state index contributed by atoms with van der Waals surface area (Å²) in [6, 6.07) is 5.85. The van der Waals surface area contributed by atoms with Crippen molar-refractivity contribution in [2.24, 2.45) is 5.92 Å². The van der Waals surface area contributed by atoms with Gasteiger partial charge in [0.05, 0.1) is 11.7 Å². The average molecular weight is 420 g/mol. The molecular weight excluding hydrogens is 398 g/mol. The molecular formula is C18H21N5O3S2. The highest BCUT2D eigenvalue weighted by Gasteiger charge is 2.35. The molecule has 0 unspecified atom stereocenters. The van der Waals surface area contributed by atoms with E-state index in [0.29, 0.717) is 16.0 Å². The van der Waals surface area contributed by atoms with Gasteiger partial charge in [-0.2, -0.15) is 0 Å². The predicted octanol–water partition coefficient (Wildman–Crippen LogP) is 1.98. The topological polar surface area (TPSA) is 104 Å². The van der Waals surface area contributed by atoms with E-state index in [-0.39, 0.29) is 29.9 Å². The second kappa shape index (κ2) is 8.70. The Kier molecular flexibility index (Phi) is 6.30. The number of hydrogen-bond acceptors (Lipinski definition) is 7. The van der Waals surface area contributed by atoms with Crippen molar-refractivity contribution in [3.05, 3.63) is 29.3 Å². The minimum atomic E-state index is -0.444. The first kappa shape index (κ1) is 20.3. The van der Waals surface area contributed by atoms with Crippen LogP contribution in [-0.4, -0.2) is 47.3 Å². The van der Waals surface area contributed by atoms with Crippen molar-refractivity contribution >= 4 is 51.6 Å². The van der Waals surface area contributed by atoms with Crippen LogP contribution in [0.4, 0.5) is 10.8 Å². The van der Waals surface area contributed by atoms with Crippen molar-refractivity contribution in [3.63, 3.8) is 0 Å².